The fraction of sp³-hybridized carbons (Fsp3) is 0.458. The lowest BCUT2D eigenvalue weighted by Crippen LogP contribution is -2.34. The van der Waals surface area contributed by atoms with Crippen LogP contribution >= 0.6 is 0 Å². The van der Waals surface area contributed by atoms with Crippen LogP contribution in [0.2, 0.25) is 0 Å². The molecule has 2 atom stereocenters. The zero-order chi connectivity index (χ0) is 22.7. The maximum Gasteiger partial charge on any atom is 0.416 e. The molecule has 172 valence electrons. The van der Waals surface area contributed by atoms with Crippen molar-refractivity contribution in [2.75, 3.05) is 31.6 Å². The first-order valence-electron chi connectivity index (χ1n) is 10.8. The Morgan fingerprint density at radius 3 is 2.56 bits per heavy atom. The molecule has 8 heteroatoms. The van der Waals surface area contributed by atoms with E-state index in [-0.39, 0.29) is 11.9 Å². The summed E-state index contributed by atoms with van der Waals surface area (Å²) in [6.07, 6.45) is -2.22. The number of alkyl halides is 3. The summed E-state index contributed by atoms with van der Waals surface area (Å²) in [7, 11) is 0. The molecule has 1 amide bonds. The van der Waals surface area contributed by atoms with Gasteiger partial charge in [-0.3, -0.25) is 9.69 Å². The average Bonchev–Trinajstić information content (AvgIpc) is 3.18. The first-order chi connectivity index (χ1) is 15.3. The van der Waals surface area contributed by atoms with Gasteiger partial charge in [0.1, 0.15) is 5.82 Å². The number of benzene rings is 2. The molecule has 0 unspecified atom stereocenters. The van der Waals surface area contributed by atoms with E-state index in [1.165, 1.54) is 30.3 Å². The maximum atomic E-state index is 13.5. The van der Waals surface area contributed by atoms with E-state index in [0.717, 1.165) is 18.9 Å². The predicted octanol–water partition coefficient (Wildman–Crippen LogP) is 5.27. The Bertz CT molecular complexity index is 944. The highest BCUT2D eigenvalue weighted by Crippen LogP contribution is 2.39. The molecule has 0 aliphatic carbocycles. The van der Waals surface area contributed by atoms with Crippen molar-refractivity contribution >= 4 is 11.6 Å². The molecule has 4 rings (SSSR count). The highest BCUT2D eigenvalue weighted by atomic mass is 19.4. The molecular weight excluding hydrogens is 424 g/mol. The topological polar surface area (TPSA) is 41.6 Å². The van der Waals surface area contributed by atoms with Crippen LogP contribution in [0.5, 0.6) is 0 Å². The molecule has 4 nitrogen and oxygen atoms in total. The standard InChI is InChI=1S/C24H26F4N2O2/c25-20-5-2-6-21(13-20)29-23(31)18-12-22(17-3-1-4-19(11-17)24(26,27)28)30(15-18)14-16-7-9-32-10-8-16/h1-6,11,13,16,18,22H,7-10,12,14-15H2,(H,29,31)/t18-,22+/m1/s1. The van der Waals surface area contributed by atoms with Crippen molar-refractivity contribution in [3.8, 4) is 0 Å². The van der Waals surface area contributed by atoms with E-state index in [4.69, 9.17) is 4.74 Å². The summed E-state index contributed by atoms with van der Waals surface area (Å²) in [6.45, 7) is 2.50. The predicted molar refractivity (Wildman–Crippen MR) is 112 cm³/mol. The van der Waals surface area contributed by atoms with Crippen LogP contribution in [0.25, 0.3) is 0 Å². The third kappa shape index (κ3) is 5.48. The van der Waals surface area contributed by atoms with Crippen LogP contribution in [-0.2, 0) is 15.7 Å². The fourth-order valence-corrected chi connectivity index (χ4v) is 4.64. The Hall–Kier alpha value is -2.45. The number of hydrogen-bond acceptors (Lipinski definition) is 3. The average molecular weight is 450 g/mol. The molecule has 2 aromatic rings. The summed E-state index contributed by atoms with van der Waals surface area (Å²) in [5.74, 6) is -0.723. The minimum Gasteiger partial charge on any atom is -0.381 e. The van der Waals surface area contributed by atoms with E-state index < -0.39 is 23.5 Å². The van der Waals surface area contributed by atoms with Crippen LogP contribution in [0.4, 0.5) is 23.2 Å². The van der Waals surface area contributed by atoms with Crippen LogP contribution in [0.3, 0.4) is 0 Å². The maximum absolute atomic E-state index is 13.5. The lowest BCUT2D eigenvalue weighted by molar-refractivity contribution is -0.137. The van der Waals surface area contributed by atoms with Crippen molar-refractivity contribution in [2.45, 2.75) is 31.5 Å². The van der Waals surface area contributed by atoms with E-state index in [0.29, 0.717) is 49.9 Å². The van der Waals surface area contributed by atoms with Gasteiger partial charge in [0.2, 0.25) is 5.91 Å². The van der Waals surface area contributed by atoms with Crippen molar-refractivity contribution < 1.29 is 27.1 Å². The quantitative estimate of drug-likeness (QED) is 0.631. The highest BCUT2D eigenvalue weighted by molar-refractivity contribution is 5.93. The molecule has 0 saturated carbocycles. The van der Waals surface area contributed by atoms with Crippen LogP contribution in [0.1, 0.15) is 36.4 Å². The number of rotatable bonds is 5. The van der Waals surface area contributed by atoms with Crippen LogP contribution in [-0.4, -0.2) is 37.1 Å². The Kier molecular flexibility index (Phi) is 6.81. The number of halogens is 4. The van der Waals surface area contributed by atoms with E-state index in [1.807, 2.05) is 0 Å². The van der Waals surface area contributed by atoms with Crippen molar-refractivity contribution in [2.24, 2.45) is 11.8 Å². The van der Waals surface area contributed by atoms with Gasteiger partial charge in [0.25, 0.3) is 0 Å². The molecule has 2 aromatic carbocycles. The zero-order valence-electron chi connectivity index (χ0n) is 17.6. The van der Waals surface area contributed by atoms with E-state index in [1.54, 1.807) is 12.1 Å². The number of nitrogens with one attached hydrogen (secondary N) is 1. The van der Waals surface area contributed by atoms with Crippen LogP contribution < -0.4 is 5.32 Å². The van der Waals surface area contributed by atoms with Gasteiger partial charge in [-0.2, -0.15) is 13.2 Å². The summed E-state index contributed by atoms with van der Waals surface area (Å²) in [4.78, 5) is 15.0. The Morgan fingerprint density at radius 2 is 1.84 bits per heavy atom. The number of carbonyl (C=O) groups excluding carboxylic acids is 1. The SMILES string of the molecule is O=C(Nc1cccc(F)c1)[C@@H]1C[C@@H](c2cccc(C(F)(F)F)c2)N(CC2CCOCC2)C1. The smallest absolute Gasteiger partial charge is 0.381 e. The van der Waals surface area contributed by atoms with Gasteiger partial charge in [-0.1, -0.05) is 18.2 Å². The van der Waals surface area contributed by atoms with Crippen LogP contribution in [0.15, 0.2) is 48.5 Å². The van der Waals surface area contributed by atoms with Crippen molar-refractivity contribution in [1.29, 1.82) is 0 Å². The van der Waals surface area contributed by atoms with Gasteiger partial charge >= 0.3 is 6.18 Å². The number of nitrogens with zero attached hydrogens (tertiary/aromatic N) is 1. The molecule has 0 spiro atoms. The molecule has 1 N–H and O–H groups in total. The number of hydrogen-bond donors (Lipinski definition) is 1. The third-order valence-corrected chi connectivity index (χ3v) is 6.30. The van der Waals surface area contributed by atoms with Gasteiger partial charge in [-0.25, -0.2) is 4.39 Å². The first-order valence-corrected chi connectivity index (χ1v) is 10.8. The minimum atomic E-state index is -4.42. The second kappa shape index (κ2) is 9.58. The zero-order valence-corrected chi connectivity index (χ0v) is 17.6. The van der Waals surface area contributed by atoms with E-state index in [2.05, 4.69) is 10.2 Å². The largest absolute Gasteiger partial charge is 0.416 e. The fourth-order valence-electron chi connectivity index (χ4n) is 4.64. The third-order valence-electron chi connectivity index (χ3n) is 6.30. The second-order valence-electron chi connectivity index (χ2n) is 8.58. The summed E-state index contributed by atoms with van der Waals surface area (Å²) < 4.78 is 58.7. The van der Waals surface area contributed by atoms with E-state index >= 15 is 0 Å². The summed E-state index contributed by atoms with van der Waals surface area (Å²) in [5.41, 5.74) is 0.245. The molecule has 2 aliphatic rings. The van der Waals surface area contributed by atoms with Gasteiger partial charge in [0, 0.05) is 38.0 Å². The number of amides is 1. The van der Waals surface area contributed by atoms with Crippen molar-refractivity contribution in [3.63, 3.8) is 0 Å². The summed E-state index contributed by atoms with van der Waals surface area (Å²) in [6, 6.07) is 10.8. The molecule has 0 bridgehead atoms. The Balaban J connectivity index is 1.54. The monoisotopic (exact) mass is 450 g/mol. The number of carbonyl (C=O) groups is 1. The molecule has 2 heterocycles. The minimum absolute atomic E-state index is 0.248. The molecule has 32 heavy (non-hydrogen) atoms. The molecule has 2 saturated heterocycles. The van der Waals surface area contributed by atoms with Gasteiger partial charge in [0.15, 0.2) is 0 Å². The number of ether oxygens (including phenoxy) is 1. The van der Waals surface area contributed by atoms with Crippen LogP contribution in [0, 0.1) is 17.7 Å². The molecule has 0 aromatic heterocycles. The lowest BCUT2D eigenvalue weighted by atomic mass is 9.96. The summed E-state index contributed by atoms with van der Waals surface area (Å²) >= 11 is 0. The van der Waals surface area contributed by atoms with Crippen molar-refractivity contribution in [3.05, 3.63) is 65.5 Å². The first kappa shape index (κ1) is 22.7. The normalized spacial score (nSPS) is 22.8. The van der Waals surface area contributed by atoms with Gasteiger partial charge in [-0.05, 0) is 61.1 Å². The van der Waals surface area contributed by atoms with Gasteiger partial charge in [0.05, 0.1) is 11.5 Å². The highest BCUT2D eigenvalue weighted by Gasteiger charge is 2.39. The molecular formula is C24H26F4N2O2. The second-order valence-corrected chi connectivity index (χ2v) is 8.58. The number of anilines is 1. The molecule has 2 fully saturated rings. The van der Waals surface area contributed by atoms with Gasteiger partial charge in [-0.15, -0.1) is 0 Å². The number of likely N-dealkylation sites (tertiary alicyclic amines) is 1. The summed E-state index contributed by atoms with van der Waals surface area (Å²) in [5, 5.41) is 2.75. The Morgan fingerprint density at radius 1 is 1.09 bits per heavy atom. The lowest BCUT2D eigenvalue weighted by Gasteiger charge is -2.31. The van der Waals surface area contributed by atoms with Gasteiger partial charge < -0.3 is 10.1 Å². The molecule has 2 aliphatic heterocycles. The van der Waals surface area contributed by atoms with Crippen molar-refractivity contribution in [1.82, 2.24) is 4.90 Å². The van der Waals surface area contributed by atoms with E-state index in [9.17, 15) is 22.4 Å². The molecule has 0 radical (unpaired) electrons. The Labute approximate surface area is 184 Å².